The van der Waals surface area contributed by atoms with Gasteiger partial charge in [-0.2, -0.15) is 5.10 Å². The highest BCUT2D eigenvalue weighted by Crippen LogP contribution is 2.30. The molecule has 2 heterocycles. The number of anilines is 3. The Kier molecular flexibility index (Phi) is 5.81. The molecule has 0 aliphatic carbocycles. The van der Waals surface area contributed by atoms with E-state index in [0.29, 0.717) is 33.6 Å². The minimum atomic E-state index is -3.88. The zero-order chi connectivity index (χ0) is 22.0. The molecule has 8 nitrogen and oxygen atoms in total. The summed E-state index contributed by atoms with van der Waals surface area (Å²) in [4.78, 5) is 8.33. The van der Waals surface area contributed by atoms with Crippen molar-refractivity contribution in [2.45, 2.75) is 11.8 Å². The van der Waals surface area contributed by atoms with Gasteiger partial charge in [0.1, 0.15) is 17.0 Å². The van der Waals surface area contributed by atoms with Crippen molar-refractivity contribution in [1.29, 1.82) is 0 Å². The lowest BCUT2D eigenvalue weighted by Gasteiger charge is -2.12. The van der Waals surface area contributed by atoms with E-state index in [0.717, 1.165) is 0 Å². The Morgan fingerprint density at radius 1 is 0.968 bits per heavy atom. The number of nitrogens with zero attached hydrogens (tertiary/aromatic N) is 4. The highest BCUT2D eigenvalue weighted by Gasteiger charge is 2.19. The summed E-state index contributed by atoms with van der Waals surface area (Å²) >= 11 is 12.1. The van der Waals surface area contributed by atoms with Crippen molar-refractivity contribution in [3.63, 3.8) is 0 Å². The molecule has 0 unspecified atom stereocenters. The smallest absolute Gasteiger partial charge is 0.263 e. The number of nitrogens with one attached hydrogen (secondary N) is 2. The normalized spacial score (nSPS) is 11.3. The van der Waals surface area contributed by atoms with E-state index in [9.17, 15) is 8.42 Å². The van der Waals surface area contributed by atoms with E-state index in [1.165, 1.54) is 18.5 Å². The lowest BCUT2D eigenvalue weighted by atomic mass is 10.2. The quantitative estimate of drug-likeness (QED) is 0.415. The third-order valence-electron chi connectivity index (χ3n) is 4.30. The van der Waals surface area contributed by atoms with Crippen molar-refractivity contribution in [2.24, 2.45) is 0 Å². The first-order chi connectivity index (χ1) is 14.8. The molecule has 0 bridgehead atoms. The molecular formula is C20H16Cl2N6O2S. The largest absolute Gasteiger partial charge is 0.340 e. The molecule has 0 aliphatic rings. The van der Waals surface area contributed by atoms with Gasteiger partial charge >= 0.3 is 0 Å². The molecule has 2 aromatic heterocycles. The molecule has 0 spiro atoms. The number of aromatic nitrogens is 4. The first-order valence-corrected chi connectivity index (χ1v) is 11.2. The fourth-order valence-electron chi connectivity index (χ4n) is 2.76. The van der Waals surface area contributed by atoms with Crippen LogP contribution in [0.15, 0.2) is 72.1 Å². The number of aryl methyl sites for hydroxylation is 1. The Morgan fingerprint density at radius 2 is 1.71 bits per heavy atom. The van der Waals surface area contributed by atoms with Crippen LogP contribution in [-0.2, 0) is 10.0 Å². The van der Waals surface area contributed by atoms with Gasteiger partial charge in [-0.1, -0.05) is 23.2 Å². The molecule has 2 aromatic carbocycles. The minimum Gasteiger partial charge on any atom is -0.340 e. The van der Waals surface area contributed by atoms with Crippen LogP contribution < -0.4 is 10.0 Å². The number of hydrogen-bond donors (Lipinski definition) is 2. The highest BCUT2D eigenvalue weighted by atomic mass is 35.5. The van der Waals surface area contributed by atoms with Gasteiger partial charge in [-0.05, 0) is 55.0 Å². The zero-order valence-electron chi connectivity index (χ0n) is 16.1. The third kappa shape index (κ3) is 4.79. The fourth-order valence-corrected chi connectivity index (χ4v) is 4.65. The minimum absolute atomic E-state index is 0.0367. The molecule has 31 heavy (non-hydrogen) atoms. The van der Waals surface area contributed by atoms with Gasteiger partial charge in [0, 0.05) is 34.9 Å². The summed E-state index contributed by atoms with van der Waals surface area (Å²) in [6.45, 7) is 1.71. The second-order valence-corrected chi connectivity index (χ2v) is 9.02. The van der Waals surface area contributed by atoms with Crippen LogP contribution >= 0.6 is 23.2 Å². The van der Waals surface area contributed by atoms with Crippen LogP contribution in [0.25, 0.3) is 5.82 Å². The van der Waals surface area contributed by atoms with E-state index >= 15 is 0 Å². The number of rotatable bonds is 6. The van der Waals surface area contributed by atoms with Crippen molar-refractivity contribution < 1.29 is 8.42 Å². The summed E-state index contributed by atoms with van der Waals surface area (Å²) in [6.07, 6.45) is 4.87. The molecule has 2 N–H and O–H groups in total. The average molecular weight is 475 g/mol. The topological polar surface area (TPSA) is 102 Å². The Morgan fingerprint density at radius 3 is 2.42 bits per heavy atom. The van der Waals surface area contributed by atoms with E-state index < -0.39 is 10.0 Å². The molecule has 0 amide bonds. The number of halogens is 2. The standard InChI is InChI=1S/C20H16Cl2N6O2S/c1-13-9-18(17(22)10-16(13)21)31(29,30)27-15-5-3-14(4-6-15)26-19-11-20(24-12-23-19)28-8-2-7-25-28/h2-12,27H,1H3,(H,23,24,26). The van der Waals surface area contributed by atoms with Crippen LogP contribution in [-0.4, -0.2) is 28.2 Å². The van der Waals surface area contributed by atoms with Gasteiger partial charge in [0.2, 0.25) is 0 Å². The van der Waals surface area contributed by atoms with Gasteiger partial charge in [-0.3, -0.25) is 4.72 Å². The van der Waals surface area contributed by atoms with Crippen LogP contribution in [0.4, 0.5) is 17.2 Å². The SMILES string of the molecule is Cc1cc(S(=O)(=O)Nc2ccc(Nc3cc(-n4cccn4)ncn3)cc2)c(Cl)cc1Cl. The summed E-state index contributed by atoms with van der Waals surface area (Å²) in [5.41, 5.74) is 1.72. The van der Waals surface area contributed by atoms with Crippen molar-refractivity contribution in [3.8, 4) is 5.82 Å². The molecule has 158 valence electrons. The molecule has 11 heteroatoms. The molecule has 4 aromatic rings. The van der Waals surface area contributed by atoms with E-state index in [-0.39, 0.29) is 9.92 Å². The van der Waals surface area contributed by atoms with Gasteiger partial charge in [-0.15, -0.1) is 0 Å². The first kappa shape index (κ1) is 21.1. The van der Waals surface area contributed by atoms with Crippen LogP contribution in [0.3, 0.4) is 0 Å². The van der Waals surface area contributed by atoms with E-state index in [1.54, 1.807) is 60.4 Å². The maximum atomic E-state index is 12.7. The third-order valence-corrected chi connectivity index (χ3v) is 6.56. The van der Waals surface area contributed by atoms with E-state index in [4.69, 9.17) is 23.2 Å². The summed E-state index contributed by atoms with van der Waals surface area (Å²) in [7, 11) is -3.88. The van der Waals surface area contributed by atoms with Gasteiger partial charge in [0.05, 0.1) is 5.02 Å². The lowest BCUT2D eigenvalue weighted by molar-refractivity contribution is 0.601. The van der Waals surface area contributed by atoms with E-state index in [2.05, 4.69) is 25.1 Å². The van der Waals surface area contributed by atoms with Crippen molar-refractivity contribution in [2.75, 3.05) is 10.0 Å². The number of benzene rings is 2. The summed E-state index contributed by atoms with van der Waals surface area (Å²) in [5.74, 6) is 1.18. The second kappa shape index (κ2) is 8.54. The Labute approximate surface area is 188 Å². The summed E-state index contributed by atoms with van der Waals surface area (Å²) in [5, 5.41) is 7.74. The Hall–Kier alpha value is -3.14. The Bertz CT molecular complexity index is 1330. The van der Waals surface area contributed by atoms with Gasteiger partial charge in [0.25, 0.3) is 10.0 Å². The van der Waals surface area contributed by atoms with Crippen LogP contribution in [0.1, 0.15) is 5.56 Å². The van der Waals surface area contributed by atoms with Gasteiger partial charge < -0.3 is 5.32 Å². The van der Waals surface area contributed by atoms with Crippen molar-refractivity contribution in [3.05, 3.63) is 82.9 Å². The van der Waals surface area contributed by atoms with Gasteiger partial charge in [0.15, 0.2) is 5.82 Å². The zero-order valence-corrected chi connectivity index (χ0v) is 18.4. The monoisotopic (exact) mass is 474 g/mol. The number of hydrogen-bond acceptors (Lipinski definition) is 6. The highest BCUT2D eigenvalue weighted by molar-refractivity contribution is 7.92. The maximum absolute atomic E-state index is 12.7. The maximum Gasteiger partial charge on any atom is 0.263 e. The van der Waals surface area contributed by atoms with Gasteiger partial charge in [-0.25, -0.2) is 23.1 Å². The summed E-state index contributed by atoms with van der Waals surface area (Å²) in [6, 6.07) is 13.1. The second-order valence-electron chi connectivity index (χ2n) is 6.55. The van der Waals surface area contributed by atoms with Crippen molar-refractivity contribution >= 4 is 50.4 Å². The van der Waals surface area contributed by atoms with Crippen LogP contribution in [0.2, 0.25) is 10.0 Å². The predicted molar refractivity (Wildman–Crippen MR) is 121 cm³/mol. The molecule has 0 atom stereocenters. The first-order valence-electron chi connectivity index (χ1n) is 8.99. The molecule has 0 radical (unpaired) electrons. The molecular weight excluding hydrogens is 459 g/mol. The summed E-state index contributed by atoms with van der Waals surface area (Å²) < 4.78 is 29.6. The van der Waals surface area contributed by atoms with Crippen LogP contribution in [0, 0.1) is 6.92 Å². The predicted octanol–water partition coefficient (Wildman–Crippen LogP) is 4.82. The van der Waals surface area contributed by atoms with Crippen LogP contribution in [0.5, 0.6) is 0 Å². The molecule has 0 saturated carbocycles. The molecule has 0 saturated heterocycles. The molecule has 0 aliphatic heterocycles. The Balaban J connectivity index is 1.50. The average Bonchev–Trinajstić information content (AvgIpc) is 3.27. The fraction of sp³-hybridized carbons (Fsp3) is 0.0500. The molecule has 4 rings (SSSR count). The molecule has 0 fully saturated rings. The van der Waals surface area contributed by atoms with E-state index in [1.807, 2.05) is 0 Å². The lowest BCUT2D eigenvalue weighted by Crippen LogP contribution is -2.13. The number of sulfonamides is 1. The van der Waals surface area contributed by atoms with Crippen molar-refractivity contribution in [1.82, 2.24) is 19.7 Å².